The van der Waals surface area contributed by atoms with Crippen molar-refractivity contribution in [2.75, 3.05) is 17.2 Å². The van der Waals surface area contributed by atoms with Gasteiger partial charge in [-0.05, 0) is 36.2 Å². The van der Waals surface area contributed by atoms with Crippen molar-refractivity contribution >= 4 is 23.2 Å². The minimum atomic E-state index is -1.12. The lowest BCUT2D eigenvalue weighted by molar-refractivity contribution is 0.0690. The molecule has 1 aliphatic rings. The number of benzene rings is 1. The van der Waals surface area contributed by atoms with E-state index in [2.05, 4.69) is 4.98 Å². The van der Waals surface area contributed by atoms with E-state index in [1.165, 1.54) is 24.3 Å². The average Bonchev–Trinajstić information content (AvgIpc) is 2.82. The molecule has 0 saturated carbocycles. The minimum absolute atomic E-state index is 0.0842. The normalized spacial score (nSPS) is 13.3. The van der Waals surface area contributed by atoms with Crippen molar-refractivity contribution in [2.45, 2.75) is 6.42 Å². The third-order valence-corrected chi connectivity index (χ3v) is 3.32. The van der Waals surface area contributed by atoms with E-state index in [1.54, 1.807) is 11.0 Å². The van der Waals surface area contributed by atoms with Crippen LogP contribution in [0.15, 0.2) is 30.3 Å². The van der Waals surface area contributed by atoms with Crippen LogP contribution < -0.4 is 10.6 Å². The topological polar surface area (TPSA) is 79.5 Å². The Bertz CT molecular complexity index is 703. The van der Waals surface area contributed by atoms with Crippen molar-refractivity contribution < 1.29 is 14.3 Å². The standard InChI is InChI=1S/C14H12FN3O2/c15-9-2-1-8-5-6-18(12(8)7-9)13-10(16)3-4-11(17-13)14(19)20/h1-4,7H,5-6,16H2,(H,19,20). The SMILES string of the molecule is Nc1ccc(C(=O)O)nc1N1CCc2ccc(F)cc21. The van der Waals surface area contributed by atoms with Crippen LogP contribution in [-0.4, -0.2) is 22.6 Å². The van der Waals surface area contributed by atoms with Crippen LogP contribution in [0.4, 0.5) is 21.6 Å². The second kappa shape index (κ2) is 4.48. The molecule has 0 spiro atoms. The molecule has 1 aromatic carbocycles. The molecule has 102 valence electrons. The van der Waals surface area contributed by atoms with E-state index in [0.717, 1.165) is 12.0 Å². The van der Waals surface area contributed by atoms with E-state index in [4.69, 9.17) is 10.8 Å². The number of carbonyl (C=O) groups is 1. The summed E-state index contributed by atoms with van der Waals surface area (Å²) >= 11 is 0. The Morgan fingerprint density at radius 3 is 2.90 bits per heavy atom. The van der Waals surface area contributed by atoms with Crippen molar-refractivity contribution in [3.63, 3.8) is 0 Å². The summed E-state index contributed by atoms with van der Waals surface area (Å²) in [5.74, 6) is -1.11. The van der Waals surface area contributed by atoms with Gasteiger partial charge in [-0.15, -0.1) is 0 Å². The molecular formula is C14H12FN3O2. The second-order valence-corrected chi connectivity index (χ2v) is 4.59. The van der Waals surface area contributed by atoms with Crippen LogP contribution >= 0.6 is 0 Å². The molecule has 3 rings (SSSR count). The van der Waals surface area contributed by atoms with Gasteiger partial charge in [0.05, 0.1) is 5.69 Å². The van der Waals surface area contributed by atoms with Crippen LogP contribution in [0.1, 0.15) is 16.1 Å². The first-order valence-electron chi connectivity index (χ1n) is 6.12. The van der Waals surface area contributed by atoms with Crippen molar-refractivity contribution in [3.8, 4) is 0 Å². The number of nitrogen functional groups attached to an aromatic ring is 1. The molecule has 0 atom stereocenters. The first kappa shape index (κ1) is 12.4. The summed E-state index contributed by atoms with van der Waals surface area (Å²) in [5.41, 5.74) is 7.84. The quantitative estimate of drug-likeness (QED) is 0.876. The monoisotopic (exact) mass is 273 g/mol. The van der Waals surface area contributed by atoms with E-state index in [-0.39, 0.29) is 11.5 Å². The highest BCUT2D eigenvalue weighted by molar-refractivity contribution is 5.87. The van der Waals surface area contributed by atoms with E-state index in [1.807, 2.05) is 0 Å². The molecule has 0 fully saturated rings. The summed E-state index contributed by atoms with van der Waals surface area (Å²) < 4.78 is 13.4. The second-order valence-electron chi connectivity index (χ2n) is 4.59. The predicted molar refractivity (Wildman–Crippen MR) is 72.7 cm³/mol. The molecule has 0 unspecified atom stereocenters. The summed E-state index contributed by atoms with van der Waals surface area (Å²) in [6.07, 6.45) is 0.744. The highest BCUT2D eigenvalue weighted by atomic mass is 19.1. The minimum Gasteiger partial charge on any atom is -0.477 e. The zero-order valence-corrected chi connectivity index (χ0v) is 10.5. The third kappa shape index (κ3) is 1.95. The van der Waals surface area contributed by atoms with Crippen molar-refractivity contribution in [1.82, 2.24) is 4.98 Å². The number of anilines is 3. The molecule has 5 nitrogen and oxygen atoms in total. The molecule has 2 heterocycles. The van der Waals surface area contributed by atoms with E-state index < -0.39 is 5.97 Å². The number of hydrogen-bond donors (Lipinski definition) is 2. The number of fused-ring (bicyclic) bond motifs is 1. The maximum absolute atomic E-state index is 13.4. The van der Waals surface area contributed by atoms with Gasteiger partial charge < -0.3 is 15.7 Å². The lowest BCUT2D eigenvalue weighted by Crippen LogP contribution is -2.18. The Morgan fingerprint density at radius 2 is 2.15 bits per heavy atom. The average molecular weight is 273 g/mol. The number of hydrogen-bond acceptors (Lipinski definition) is 4. The Hall–Kier alpha value is -2.63. The summed E-state index contributed by atoms with van der Waals surface area (Å²) in [4.78, 5) is 16.8. The molecule has 1 aliphatic heterocycles. The Balaban J connectivity index is 2.10. The van der Waals surface area contributed by atoms with Gasteiger partial charge in [0, 0.05) is 12.2 Å². The van der Waals surface area contributed by atoms with Gasteiger partial charge in [-0.1, -0.05) is 6.07 Å². The number of nitrogens with zero attached hydrogens (tertiary/aromatic N) is 2. The molecule has 0 amide bonds. The summed E-state index contributed by atoms with van der Waals surface area (Å²) in [7, 11) is 0. The highest BCUT2D eigenvalue weighted by Gasteiger charge is 2.24. The number of halogens is 1. The molecular weight excluding hydrogens is 261 g/mol. The Labute approximate surface area is 114 Å². The smallest absolute Gasteiger partial charge is 0.354 e. The third-order valence-electron chi connectivity index (χ3n) is 3.32. The number of nitrogens with two attached hydrogens (primary N) is 1. The van der Waals surface area contributed by atoms with E-state index in [0.29, 0.717) is 23.7 Å². The summed E-state index contributed by atoms with van der Waals surface area (Å²) in [6, 6.07) is 7.40. The van der Waals surface area contributed by atoms with Crippen LogP contribution in [0.5, 0.6) is 0 Å². The first-order valence-corrected chi connectivity index (χ1v) is 6.12. The van der Waals surface area contributed by atoms with Gasteiger partial charge in [0.2, 0.25) is 0 Å². The number of carboxylic acid groups (broad SMARTS) is 1. The molecule has 1 aromatic heterocycles. The summed E-state index contributed by atoms with van der Waals surface area (Å²) in [6.45, 7) is 0.596. The fourth-order valence-corrected chi connectivity index (χ4v) is 2.37. The van der Waals surface area contributed by atoms with E-state index in [9.17, 15) is 9.18 Å². The van der Waals surface area contributed by atoms with Gasteiger partial charge in [-0.2, -0.15) is 0 Å². The van der Waals surface area contributed by atoms with Gasteiger partial charge in [0.1, 0.15) is 5.82 Å². The molecule has 20 heavy (non-hydrogen) atoms. The van der Waals surface area contributed by atoms with Crippen LogP contribution in [0.3, 0.4) is 0 Å². The van der Waals surface area contributed by atoms with Crippen molar-refractivity contribution in [2.24, 2.45) is 0 Å². The molecule has 2 aromatic rings. The number of pyridine rings is 1. The van der Waals surface area contributed by atoms with Gasteiger partial charge in [-0.25, -0.2) is 14.2 Å². The fraction of sp³-hybridized carbons (Fsp3) is 0.143. The van der Waals surface area contributed by atoms with Crippen LogP contribution in [-0.2, 0) is 6.42 Å². The molecule has 0 saturated heterocycles. The number of aromatic carboxylic acids is 1. The number of rotatable bonds is 2. The van der Waals surface area contributed by atoms with Gasteiger partial charge in [-0.3, -0.25) is 0 Å². The summed E-state index contributed by atoms with van der Waals surface area (Å²) in [5, 5.41) is 9.00. The van der Waals surface area contributed by atoms with Crippen LogP contribution in [0, 0.1) is 5.82 Å². The maximum Gasteiger partial charge on any atom is 0.354 e. The predicted octanol–water partition coefficient (Wildman–Crippen LogP) is 2.20. The number of carboxylic acids is 1. The van der Waals surface area contributed by atoms with Crippen LogP contribution in [0.2, 0.25) is 0 Å². The zero-order valence-electron chi connectivity index (χ0n) is 10.5. The molecule has 3 N–H and O–H groups in total. The van der Waals surface area contributed by atoms with Crippen LogP contribution in [0.25, 0.3) is 0 Å². The van der Waals surface area contributed by atoms with Crippen molar-refractivity contribution in [1.29, 1.82) is 0 Å². The largest absolute Gasteiger partial charge is 0.477 e. The van der Waals surface area contributed by atoms with Crippen molar-refractivity contribution in [3.05, 3.63) is 47.4 Å². The molecule has 6 heteroatoms. The van der Waals surface area contributed by atoms with Gasteiger partial charge in [0.15, 0.2) is 11.5 Å². The maximum atomic E-state index is 13.4. The molecule has 0 bridgehead atoms. The highest BCUT2D eigenvalue weighted by Crippen LogP contribution is 2.36. The zero-order chi connectivity index (χ0) is 14.3. The molecule has 0 aliphatic carbocycles. The fourth-order valence-electron chi connectivity index (χ4n) is 2.37. The van der Waals surface area contributed by atoms with E-state index >= 15 is 0 Å². The first-order chi connectivity index (χ1) is 9.56. The van der Waals surface area contributed by atoms with Gasteiger partial charge in [0.25, 0.3) is 0 Å². The lowest BCUT2D eigenvalue weighted by atomic mass is 10.2. The molecule has 0 radical (unpaired) electrons. The lowest BCUT2D eigenvalue weighted by Gasteiger charge is -2.20. The van der Waals surface area contributed by atoms with Gasteiger partial charge >= 0.3 is 5.97 Å². The Kier molecular flexibility index (Phi) is 2.78. The number of aromatic nitrogens is 1. The Morgan fingerprint density at radius 1 is 1.35 bits per heavy atom.